The Labute approximate surface area is 81.4 Å². The lowest BCUT2D eigenvalue weighted by molar-refractivity contribution is -0.0201. The minimum atomic E-state index is -1.66. The zero-order valence-electron chi connectivity index (χ0n) is 7.87. The lowest BCUT2D eigenvalue weighted by atomic mass is 9.91. The average molecular weight is 201 g/mol. The van der Waals surface area contributed by atoms with E-state index in [2.05, 4.69) is 0 Å². The van der Waals surface area contributed by atoms with Crippen LogP contribution in [0.15, 0.2) is 24.3 Å². The van der Waals surface area contributed by atoms with Gasteiger partial charge in [-0.25, -0.2) is 8.78 Å². The van der Waals surface area contributed by atoms with Crippen LogP contribution in [0, 0.1) is 5.82 Å². The molecule has 0 heterocycles. The van der Waals surface area contributed by atoms with Crippen molar-refractivity contribution in [3.8, 4) is 0 Å². The first-order valence-corrected chi connectivity index (χ1v) is 4.31. The van der Waals surface area contributed by atoms with E-state index in [4.69, 9.17) is 5.73 Å². The summed E-state index contributed by atoms with van der Waals surface area (Å²) in [7, 11) is 0. The third-order valence-electron chi connectivity index (χ3n) is 2.25. The first kappa shape index (κ1) is 11.1. The molecule has 0 aliphatic heterocycles. The summed E-state index contributed by atoms with van der Waals surface area (Å²) in [6.45, 7) is 1.04. The van der Waals surface area contributed by atoms with Crippen molar-refractivity contribution in [2.24, 2.45) is 5.73 Å². The summed E-state index contributed by atoms with van der Waals surface area (Å²) < 4.78 is 25.8. The number of halogens is 2. The molecule has 0 aromatic heterocycles. The Morgan fingerprint density at radius 1 is 1.43 bits per heavy atom. The van der Waals surface area contributed by atoms with Crippen LogP contribution >= 0.6 is 0 Å². The predicted molar refractivity (Wildman–Crippen MR) is 49.9 cm³/mol. The Morgan fingerprint density at radius 2 is 1.93 bits per heavy atom. The highest BCUT2D eigenvalue weighted by Gasteiger charge is 2.32. The van der Waals surface area contributed by atoms with E-state index in [0.29, 0.717) is 5.56 Å². The molecule has 1 rings (SSSR count). The van der Waals surface area contributed by atoms with E-state index < -0.39 is 17.6 Å². The fourth-order valence-corrected chi connectivity index (χ4v) is 1.20. The van der Waals surface area contributed by atoms with Crippen LogP contribution in [0.5, 0.6) is 0 Å². The second-order valence-electron chi connectivity index (χ2n) is 3.36. The molecule has 2 nitrogen and oxygen atoms in total. The van der Waals surface area contributed by atoms with Crippen molar-refractivity contribution in [3.05, 3.63) is 35.6 Å². The highest BCUT2D eigenvalue weighted by atomic mass is 19.1. The largest absolute Gasteiger partial charge is 0.382 e. The lowest BCUT2D eigenvalue weighted by Crippen LogP contribution is -2.38. The molecule has 1 aromatic rings. The van der Waals surface area contributed by atoms with Crippen molar-refractivity contribution < 1.29 is 13.9 Å². The molecule has 0 fully saturated rings. The molecule has 0 bridgehead atoms. The monoisotopic (exact) mass is 201 g/mol. The number of nitrogens with two attached hydrogens (primary N) is 1. The molecular weight excluding hydrogens is 188 g/mol. The van der Waals surface area contributed by atoms with Crippen molar-refractivity contribution in [2.45, 2.75) is 18.7 Å². The molecule has 1 aromatic carbocycles. The molecule has 4 heteroatoms. The van der Waals surface area contributed by atoms with Crippen LogP contribution in [0.3, 0.4) is 0 Å². The van der Waals surface area contributed by atoms with Gasteiger partial charge >= 0.3 is 0 Å². The van der Waals surface area contributed by atoms with Gasteiger partial charge in [0.25, 0.3) is 0 Å². The number of benzene rings is 1. The maximum Gasteiger partial charge on any atom is 0.145 e. The average Bonchev–Trinajstić information content (AvgIpc) is 2.17. The van der Waals surface area contributed by atoms with Crippen molar-refractivity contribution in [1.82, 2.24) is 0 Å². The number of alkyl halides is 1. The van der Waals surface area contributed by atoms with Crippen molar-refractivity contribution in [1.29, 1.82) is 0 Å². The first-order valence-electron chi connectivity index (χ1n) is 4.31. The highest BCUT2D eigenvalue weighted by Crippen LogP contribution is 2.26. The van der Waals surface area contributed by atoms with Crippen molar-refractivity contribution in [3.63, 3.8) is 0 Å². The third kappa shape index (κ3) is 2.08. The highest BCUT2D eigenvalue weighted by molar-refractivity contribution is 5.23. The van der Waals surface area contributed by atoms with E-state index in [1.54, 1.807) is 0 Å². The van der Waals surface area contributed by atoms with Gasteiger partial charge in [-0.2, -0.15) is 0 Å². The lowest BCUT2D eigenvalue weighted by Gasteiger charge is -2.26. The fraction of sp³-hybridized carbons (Fsp3) is 0.400. The summed E-state index contributed by atoms with van der Waals surface area (Å²) in [5.41, 5.74) is 3.77. The van der Waals surface area contributed by atoms with Gasteiger partial charge in [0.1, 0.15) is 17.6 Å². The molecule has 0 saturated carbocycles. The van der Waals surface area contributed by atoms with Crippen LogP contribution in [0.1, 0.15) is 12.5 Å². The normalized spacial score (nSPS) is 17.5. The summed E-state index contributed by atoms with van der Waals surface area (Å²) in [5, 5.41) is 9.77. The quantitative estimate of drug-likeness (QED) is 0.775. The van der Waals surface area contributed by atoms with Crippen molar-refractivity contribution >= 4 is 0 Å². The Balaban J connectivity index is 2.97. The molecule has 0 amide bonds. The molecule has 0 saturated heterocycles. The van der Waals surface area contributed by atoms with Crippen LogP contribution in [0.25, 0.3) is 0 Å². The van der Waals surface area contributed by atoms with Gasteiger partial charge in [0, 0.05) is 6.54 Å². The Hall–Kier alpha value is -1.00. The Bertz CT molecular complexity index is 297. The predicted octanol–water partition coefficient (Wildman–Crippen LogP) is 1.33. The number of hydrogen-bond acceptors (Lipinski definition) is 2. The minimum absolute atomic E-state index is 0.273. The van der Waals surface area contributed by atoms with Crippen molar-refractivity contribution in [2.75, 3.05) is 6.54 Å². The number of aliphatic hydroxyl groups is 1. The van der Waals surface area contributed by atoms with E-state index in [1.807, 2.05) is 0 Å². The number of rotatable bonds is 3. The number of hydrogen-bond donors (Lipinski definition) is 2. The minimum Gasteiger partial charge on any atom is -0.382 e. The van der Waals surface area contributed by atoms with Gasteiger partial charge in [0.15, 0.2) is 0 Å². The Kier molecular flexibility index (Phi) is 3.18. The SMILES string of the molecule is C[C@](O)(c1ccc(F)cc1)[C@@H](F)CN. The van der Waals surface area contributed by atoms with Gasteiger partial charge < -0.3 is 10.8 Å². The van der Waals surface area contributed by atoms with Gasteiger partial charge in [-0.1, -0.05) is 12.1 Å². The second-order valence-corrected chi connectivity index (χ2v) is 3.36. The summed E-state index contributed by atoms with van der Waals surface area (Å²) in [4.78, 5) is 0. The van der Waals surface area contributed by atoms with E-state index in [9.17, 15) is 13.9 Å². The molecule has 0 radical (unpaired) electrons. The van der Waals surface area contributed by atoms with Crippen LogP contribution in [0.4, 0.5) is 8.78 Å². The first-order chi connectivity index (χ1) is 6.48. The molecule has 3 N–H and O–H groups in total. The topological polar surface area (TPSA) is 46.2 Å². The molecule has 14 heavy (non-hydrogen) atoms. The summed E-state index contributed by atoms with van der Waals surface area (Å²) >= 11 is 0. The zero-order chi connectivity index (χ0) is 10.8. The van der Waals surface area contributed by atoms with Crippen LogP contribution in [-0.4, -0.2) is 17.8 Å². The van der Waals surface area contributed by atoms with Gasteiger partial charge in [0.2, 0.25) is 0 Å². The molecule has 0 unspecified atom stereocenters. The molecule has 78 valence electrons. The second kappa shape index (κ2) is 4.02. The van der Waals surface area contributed by atoms with Gasteiger partial charge in [-0.15, -0.1) is 0 Å². The van der Waals surface area contributed by atoms with Crippen LogP contribution in [-0.2, 0) is 5.60 Å². The summed E-state index contributed by atoms with van der Waals surface area (Å²) in [6.07, 6.45) is -1.56. The maximum atomic E-state index is 13.2. The van der Waals surface area contributed by atoms with E-state index in [-0.39, 0.29) is 6.54 Å². The molecule has 0 aliphatic carbocycles. The van der Waals surface area contributed by atoms with Gasteiger partial charge in [-0.3, -0.25) is 0 Å². The van der Waals surface area contributed by atoms with Crippen LogP contribution < -0.4 is 5.73 Å². The molecule has 2 atom stereocenters. The smallest absolute Gasteiger partial charge is 0.145 e. The standard InChI is InChI=1S/C10H13F2NO/c1-10(14,9(12)6-13)7-2-4-8(11)5-3-7/h2-5,9,14H,6,13H2,1H3/t9-,10-/m0/s1. The van der Waals surface area contributed by atoms with E-state index >= 15 is 0 Å². The zero-order valence-corrected chi connectivity index (χ0v) is 7.87. The fourth-order valence-electron chi connectivity index (χ4n) is 1.20. The van der Waals surface area contributed by atoms with Gasteiger partial charge in [-0.05, 0) is 24.6 Å². The Morgan fingerprint density at radius 3 is 2.36 bits per heavy atom. The van der Waals surface area contributed by atoms with E-state index in [0.717, 1.165) is 0 Å². The summed E-state index contributed by atoms with van der Waals surface area (Å²) in [6, 6.07) is 5.04. The molecular formula is C10H13F2NO. The maximum absolute atomic E-state index is 13.2. The molecule has 0 aliphatic rings. The van der Waals surface area contributed by atoms with E-state index in [1.165, 1.54) is 31.2 Å². The van der Waals surface area contributed by atoms with Crippen LogP contribution in [0.2, 0.25) is 0 Å². The summed E-state index contributed by atoms with van der Waals surface area (Å²) in [5.74, 6) is -0.423. The molecule has 0 spiro atoms. The van der Waals surface area contributed by atoms with Gasteiger partial charge in [0.05, 0.1) is 0 Å². The third-order valence-corrected chi connectivity index (χ3v) is 2.25.